The molecule has 1 unspecified atom stereocenters. The van der Waals surface area contributed by atoms with Crippen LogP contribution in [0.1, 0.15) is 108 Å². The highest BCUT2D eigenvalue weighted by atomic mass is 32.1. The predicted octanol–water partition coefficient (Wildman–Crippen LogP) is 7.01. The molecule has 0 aromatic carbocycles. The number of piperidine rings is 2. The summed E-state index contributed by atoms with van der Waals surface area (Å²) in [6.07, 6.45) is 8.36. The van der Waals surface area contributed by atoms with Crippen LogP contribution in [0.15, 0.2) is 11.4 Å². The molecule has 2 N–H and O–H groups in total. The summed E-state index contributed by atoms with van der Waals surface area (Å²) in [5, 5.41) is 12.4. The summed E-state index contributed by atoms with van der Waals surface area (Å²) in [5.74, 6) is -1.88. The number of amides is 3. The van der Waals surface area contributed by atoms with Gasteiger partial charge in [0.2, 0.25) is 5.91 Å². The molecule has 48 heavy (non-hydrogen) atoms. The molecule has 4 aliphatic rings. The maximum absolute atomic E-state index is 13.3. The largest absolute Gasteiger partial charge is 0.490 e. The van der Waals surface area contributed by atoms with E-state index in [4.69, 9.17) is 14.6 Å². The molecule has 1 aromatic heterocycles. The molecule has 0 radical (unpaired) electrons. The minimum atomic E-state index is -5.08. The van der Waals surface area contributed by atoms with Gasteiger partial charge in [-0.1, -0.05) is 39.0 Å². The van der Waals surface area contributed by atoms with Gasteiger partial charge in [-0.05, 0) is 56.4 Å². The maximum atomic E-state index is 13.3. The number of ether oxygens (including phenoxy) is 1. The van der Waals surface area contributed by atoms with Crippen LogP contribution in [0.4, 0.5) is 23.0 Å². The van der Waals surface area contributed by atoms with Gasteiger partial charge < -0.3 is 25.0 Å². The number of carbonyl (C=O) groups excluding carboxylic acids is 3. The first-order chi connectivity index (χ1) is 22.7. The van der Waals surface area contributed by atoms with E-state index in [0.29, 0.717) is 35.5 Å². The van der Waals surface area contributed by atoms with Crippen molar-refractivity contribution in [2.24, 2.45) is 11.8 Å². The van der Waals surface area contributed by atoms with Crippen molar-refractivity contribution in [3.8, 4) is 0 Å². The van der Waals surface area contributed by atoms with Gasteiger partial charge in [0.05, 0.1) is 5.56 Å². The quantitative estimate of drug-likeness (QED) is 0.300. The Morgan fingerprint density at radius 1 is 1.06 bits per heavy atom. The molecule has 1 spiro atoms. The van der Waals surface area contributed by atoms with Crippen LogP contribution in [0.3, 0.4) is 0 Å². The van der Waals surface area contributed by atoms with Crippen molar-refractivity contribution in [3.63, 3.8) is 0 Å². The van der Waals surface area contributed by atoms with Gasteiger partial charge in [0.1, 0.15) is 10.6 Å². The van der Waals surface area contributed by atoms with Crippen LogP contribution < -0.4 is 5.32 Å². The van der Waals surface area contributed by atoms with E-state index >= 15 is 0 Å². The molecular formula is C34H51F3N4O6S. The fourth-order valence-electron chi connectivity index (χ4n) is 7.81. The molecule has 3 amide bonds. The lowest BCUT2D eigenvalue weighted by Crippen LogP contribution is -2.63. The van der Waals surface area contributed by atoms with Crippen LogP contribution in [0.2, 0.25) is 0 Å². The molecule has 0 bridgehead atoms. The van der Waals surface area contributed by atoms with Gasteiger partial charge in [0.25, 0.3) is 5.91 Å². The summed E-state index contributed by atoms with van der Waals surface area (Å²) in [7, 11) is 0. The lowest BCUT2D eigenvalue weighted by atomic mass is 9.74. The molecule has 5 rings (SSSR count). The molecule has 4 heterocycles. The van der Waals surface area contributed by atoms with E-state index in [2.05, 4.69) is 24.1 Å². The molecule has 270 valence electrons. The highest BCUT2D eigenvalue weighted by molar-refractivity contribution is 7.14. The molecule has 4 fully saturated rings. The Labute approximate surface area is 285 Å². The van der Waals surface area contributed by atoms with Crippen LogP contribution in [-0.2, 0) is 14.3 Å². The minimum Gasteiger partial charge on any atom is -0.475 e. The number of thiophene rings is 1. The predicted molar refractivity (Wildman–Crippen MR) is 177 cm³/mol. The van der Waals surface area contributed by atoms with Crippen LogP contribution in [-0.4, -0.2) is 100 Å². The van der Waals surface area contributed by atoms with Crippen molar-refractivity contribution in [3.05, 3.63) is 17.0 Å². The number of nitrogens with one attached hydrogen (secondary N) is 1. The first-order valence-corrected chi connectivity index (χ1v) is 18.2. The Kier molecular flexibility index (Phi) is 12.8. The number of hydrogen-bond donors (Lipinski definition) is 2. The fraction of sp³-hybridized carbons (Fsp3) is 0.765. The van der Waals surface area contributed by atoms with E-state index in [-0.39, 0.29) is 29.0 Å². The Balaban J connectivity index is 0.000000671. The number of alkyl halides is 3. The van der Waals surface area contributed by atoms with Crippen molar-refractivity contribution < 1.29 is 42.2 Å². The zero-order valence-corrected chi connectivity index (χ0v) is 29.2. The molecule has 10 nitrogen and oxygen atoms in total. The summed E-state index contributed by atoms with van der Waals surface area (Å²) in [6, 6.07) is 1.81. The van der Waals surface area contributed by atoms with Gasteiger partial charge in [-0.3, -0.25) is 14.5 Å². The number of unbranched alkanes of at least 4 members (excludes halogenated alkanes) is 1. The van der Waals surface area contributed by atoms with E-state index in [1.807, 2.05) is 21.2 Å². The Morgan fingerprint density at radius 2 is 1.69 bits per heavy atom. The second kappa shape index (κ2) is 16.2. The van der Waals surface area contributed by atoms with E-state index < -0.39 is 12.1 Å². The summed E-state index contributed by atoms with van der Waals surface area (Å²) >= 11 is 1.39. The van der Waals surface area contributed by atoms with Crippen LogP contribution in [0, 0.1) is 11.8 Å². The summed E-state index contributed by atoms with van der Waals surface area (Å²) in [6.45, 7) is 11.1. The molecule has 1 aromatic rings. The molecular weight excluding hydrogens is 649 g/mol. The lowest BCUT2D eigenvalue weighted by molar-refractivity contribution is -0.192. The van der Waals surface area contributed by atoms with Crippen LogP contribution in [0.25, 0.3) is 0 Å². The number of nitrogens with zero attached hydrogens (tertiary/aromatic N) is 3. The number of hydrogen-bond acceptors (Lipinski definition) is 7. The Morgan fingerprint density at radius 3 is 2.25 bits per heavy atom. The highest BCUT2D eigenvalue weighted by Gasteiger charge is 2.51. The summed E-state index contributed by atoms with van der Waals surface area (Å²) in [5.41, 5.74) is 0.277. The topological polar surface area (TPSA) is 119 Å². The summed E-state index contributed by atoms with van der Waals surface area (Å²) in [4.78, 5) is 53.6. The molecule has 1 atom stereocenters. The molecule has 3 aliphatic heterocycles. The number of anilines is 1. The maximum Gasteiger partial charge on any atom is 0.490 e. The van der Waals surface area contributed by atoms with Gasteiger partial charge in [0.15, 0.2) is 0 Å². The number of halogens is 3. The molecule has 14 heteroatoms. The fourth-order valence-corrected chi connectivity index (χ4v) is 8.64. The Bertz CT molecular complexity index is 1270. The number of likely N-dealkylation sites (tertiary alicyclic amines) is 2. The average molecular weight is 701 g/mol. The molecule has 3 saturated heterocycles. The van der Waals surface area contributed by atoms with Crippen LogP contribution in [0.5, 0.6) is 0 Å². The number of aliphatic carboxylic acids is 1. The monoisotopic (exact) mass is 700 g/mol. The first-order valence-electron chi connectivity index (χ1n) is 17.3. The SMILES string of the molecule is CCCCC1CN(CC2CCCCC2)C(=O)OC12CCN(C1(C)CCN(C(=O)c3ccsc3NC(C)=O)CC1)CC2.O=C(O)C(F)(F)F. The second-order valence-corrected chi connectivity index (χ2v) is 15.0. The van der Waals surface area contributed by atoms with Gasteiger partial charge in [-0.15, -0.1) is 11.3 Å². The highest BCUT2D eigenvalue weighted by Crippen LogP contribution is 2.44. The third kappa shape index (κ3) is 9.42. The van der Waals surface area contributed by atoms with E-state index in [9.17, 15) is 27.6 Å². The zero-order chi connectivity index (χ0) is 35.1. The third-order valence-electron chi connectivity index (χ3n) is 10.8. The van der Waals surface area contributed by atoms with Gasteiger partial charge in [0, 0.05) is 70.5 Å². The number of carboxylic acids is 1. The van der Waals surface area contributed by atoms with Crippen LogP contribution >= 0.6 is 11.3 Å². The van der Waals surface area contributed by atoms with Crippen molar-refractivity contribution >= 4 is 40.2 Å². The number of rotatable bonds is 8. The van der Waals surface area contributed by atoms with Crippen molar-refractivity contribution in [1.29, 1.82) is 0 Å². The normalized spacial score (nSPS) is 23.2. The molecule has 1 saturated carbocycles. The number of carboxylic acid groups (broad SMARTS) is 1. The average Bonchev–Trinajstić information content (AvgIpc) is 3.50. The molecule has 1 aliphatic carbocycles. The standard InChI is InChI=1S/C32H50N4O4S.C2HF3O2/c1-4-5-11-26-23-35(22-25-9-7-6-8-10-25)30(39)40-32(26)15-19-36(20-16-32)31(3)13-17-34(18-14-31)29(38)27-12-21-41-28(27)33-24(2)37;3-2(4,5)1(6)7/h12,21,25-26H,4-11,13-20,22-23H2,1-3H3,(H,33,37);(H,6,7). The van der Waals surface area contributed by atoms with E-state index in [0.717, 1.165) is 58.3 Å². The van der Waals surface area contributed by atoms with Gasteiger partial charge in [-0.2, -0.15) is 13.2 Å². The third-order valence-corrected chi connectivity index (χ3v) is 11.6. The summed E-state index contributed by atoms with van der Waals surface area (Å²) < 4.78 is 38.2. The van der Waals surface area contributed by atoms with Crippen molar-refractivity contribution in [2.75, 3.05) is 44.6 Å². The number of carbonyl (C=O) groups is 4. The van der Waals surface area contributed by atoms with Gasteiger partial charge in [-0.25, -0.2) is 9.59 Å². The second-order valence-electron chi connectivity index (χ2n) is 14.1. The van der Waals surface area contributed by atoms with Crippen molar-refractivity contribution in [1.82, 2.24) is 14.7 Å². The first kappa shape index (κ1) is 37.9. The van der Waals surface area contributed by atoms with Gasteiger partial charge >= 0.3 is 18.2 Å². The zero-order valence-electron chi connectivity index (χ0n) is 28.4. The smallest absolute Gasteiger partial charge is 0.475 e. The Hall–Kier alpha value is -2.87. The van der Waals surface area contributed by atoms with E-state index in [1.165, 1.54) is 63.2 Å². The van der Waals surface area contributed by atoms with Crippen molar-refractivity contribution in [2.45, 2.75) is 115 Å². The lowest BCUT2D eigenvalue weighted by Gasteiger charge is -2.55. The van der Waals surface area contributed by atoms with E-state index in [1.54, 1.807) is 0 Å². The minimum absolute atomic E-state index is 0.000289.